The fraction of sp³-hybridized carbons (Fsp3) is 0.429. The van der Waals surface area contributed by atoms with Crippen LogP contribution in [0.15, 0.2) is 22.6 Å². The van der Waals surface area contributed by atoms with Crippen molar-refractivity contribution in [3.8, 4) is 11.5 Å². The van der Waals surface area contributed by atoms with Crippen molar-refractivity contribution < 1.29 is 14.6 Å². The van der Waals surface area contributed by atoms with Gasteiger partial charge < -0.3 is 14.6 Å². The molecule has 0 fully saturated rings. The molecule has 0 unspecified atom stereocenters. The molecule has 22 heavy (non-hydrogen) atoms. The summed E-state index contributed by atoms with van der Waals surface area (Å²) < 4.78 is 5.61. The number of aliphatic hydroxyl groups excluding tert-OH is 2. The number of rotatable bonds is 8. The summed E-state index contributed by atoms with van der Waals surface area (Å²) in [5.74, 6) is 0.746. The van der Waals surface area contributed by atoms with E-state index >= 15 is 0 Å². The molecule has 0 aliphatic heterocycles. The summed E-state index contributed by atoms with van der Waals surface area (Å²) in [6.45, 7) is 1.63. The van der Waals surface area contributed by atoms with Gasteiger partial charge in [0.15, 0.2) is 0 Å². The SMILES string of the molecule is OCCCN(CCO)Cc1nnc(-c2ccc(Cl)cc2Cl)o1. The summed E-state index contributed by atoms with van der Waals surface area (Å²) in [6.07, 6.45) is 0.615. The van der Waals surface area contributed by atoms with Gasteiger partial charge in [0.1, 0.15) is 0 Å². The minimum Gasteiger partial charge on any atom is -0.419 e. The van der Waals surface area contributed by atoms with Crippen LogP contribution in [-0.4, -0.2) is 51.6 Å². The molecule has 2 N–H and O–H groups in total. The Morgan fingerprint density at radius 2 is 1.91 bits per heavy atom. The topological polar surface area (TPSA) is 82.6 Å². The molecule has 0 bridgehead atoms. The van der Waals surface area contributed by atoms with Crippen LogP contribution in [0.25, 0.3) is 11.5 Å². The first-order valence-electron chi connectivity index (χ1n) is 6.86. The van der Waals surface area contributed by atoms with Crippen molar-refractivity contribution in [3.05, 3.63) is 34.1 Å². The molecule has 8 heteroatoms. The minimum absolute atomic E-state index is 0.0232. The average molecular weight is 346 g/mol. The summed E-state index contributed by atoms with van der Waals surface area (Å²) >= 11 is 12.0. The second-order valence-corrected chi connectivity index (χ2v) is 5.55. The van der Waals surface area contributed by atoms with Gasteiger partial charge >= 0.3 is 0 Å². The van der Waals surface area contributed by atoms with Gasteiger partial charge in [-0.1, -0.05) is 23.2 Å². The third kappa shape index (κ3) is 4.66. The van der Waals surface area contributed by atoms with Gasteiger partial charge in [-0.15, -0.1) is 10.2 Å². The van der Waals surface area contributed by atoms with Gasteiger partial charge in [-0.3, -0.25) is 4.90 Å². The minimum atomic E-state index is 0.0232. The van der Waals surface area contributed by atoms with Gasteiger partial charge in [0.2, 0.25) is 11.8 Å². The Morgan fingerprint density at radius 1 is 1.09 bits per heavy atom. The third-order valence-corrected chi connectivity index (χ3v) is 3.58. The van der Waals surface area contributed by atoms with E-state index in [-0.39, 0.29) is 13.2 Å². The van der Waals surface area contributed by atoms with Gasteiger partial charge in [-0.2, -0.15) is 0 Å². The van der Waals surface area contributed by atoms with Gasteiger partial charge in [0, 0.05) is 24.7 Å². The molecular formula is C14H17Cl2N3O3. The molecule has 0 radical (unpaired) electrons. The van der Waals surface area contributed by atoms with Crippen molar-refractivity contribution in [2.45, 2.75) is 13.0 Å². The van der Waals surface area contributed by atoms with Crippen LogP contribution in [0.2, 0.25) is 10.0 Å². The lowest BCUT2D eigenvalue weighted by Crippen LogP contribution is -2.28. The zero-order chi connectivity index (χ0) is 15.9. The quantitative estimate of drug-likeness (QED) is 0.763. The third-order valence-electron chi connectivity index (χ3n) is 3.04. The molecule has 2 aromatic rings. The highest BCUT2D eigenvalue weighted by molar-refractivity contribution is 6.36. The van der Waals surface area contributed by atoms with Crippen molar-refractivity contribution in [1.29, 1.82) is 0 Å². The summed E-state index contributed by atoms with van der Waals surface area (Å²) in [5.41, 5.74) is 0.619. The van der Waals surface area contributed by atoms with Crippen LogP contribution in [0, 0.1) is 0 Å². The van der Waals surface area contributed by atoms with Crippen LogP contribution in [0.3, 0.4) is 0 Å². The van der Waals surface area contributed by atoms with Crippen LogP contribution >= 0.6 is 23.2 Å². The highest BCUT2D eigenvalue weighted by Crippen LogP contribution is 2.29. The molecule has 1 aromatic carbocycles. The Bertz CT molecular complexity index is 607. The van der Waals surface area contributed by atoms with Crippen LogP contribution < -0.4 is 0 Å². The number of hydrogen-bond acceptors (Lipinski definition) is 6. The van der Waals surface area contributed by atoms with Crippen molar-refractivity contribution in [2.75, 3.05) is 26.3 Å². The highest BCUT2D eigenvalue weighted by Gasteiger charge is 2.14. The Labute approximate surface area is 138 Å². The van der Waals surface area contributed by atoms with Gasteiger partial charge in [-0.25, -0.2) is 0 Å². The molecule has 0 saturated carbocycles. The maximum absolute atomic E-state index is 9.06. The first-order chi connectivity index (χ1) is 10.6. The molecule has 0 aliphatic carbocycles. The van der Waals surface area contributed by atoms with E-state index in [1.54, 1.807) is 18.2 Å². The molecule has 0 aliphatic rings. The summed E-state index contributed by atoms with van der Waals surface area (Å²) in [7, 11) is 0. The van der Waals surface area contributed by atoms with E-state index in [2.05, 4.69) is 10.2 Å². The second-order valence-electron chi connectivity index (χ2n) is 4.70. The first-order valence-corrected chi connectivity index (χ1v) is 7.61. The van der Waals surface area contributed by atoms with E-state index in [9.17, 15) is 0 Å². The standard InChI is InChI=1S/C14H17Cl2N3O3/c15-10-2-3-11(12(16)8-10)14-18-17-13(22-14)9-19(5-7-21)4-1-6-20/h2-3,8,20-21H,1,4-7,9H2. The predicted octanol–water partition coefficient (Wildman–Crippen LogP) is 2.22. The monoisotopic (exact) mass is 345 g/mol. The number of halogens is 2. The van der Waals surface area contributed by atoms with E-state index in [0.717, 1.165) is 0 Å². The Morgan fingerprint density at radius 3 is 2.59 bits per heavy atom. The number of aromatic nitrogens is 2. The van der Waals surface area contributed by atoms with Crippen LogP contribution in [0.4, 0.5) is 0 Å². The molecular weight excluding hydrogens is 329 g/mol. The molecule has 0 amide bonds. The normalized spacial score (nSPS) is 11.3. The average Bonchev–Trinajstić information content (AvgIpc) is 2.93. The zero-order valence-electron chi connectivity index (χ0n) is 11.9. The lowest BCUT2D eigenvalue weighted by Gasteiger charge is -2.18. The molecule has 2 rings (SSSR count). The summed E-state index contributed by atoms with van der Waals surface area (Å²) in [5, 5.41) is 26.9. The molecule has 6 nitrogen and oxygen atoms in total. The molecule has 120 valence electrons. The highest BCUT2D eigenvalue weighted by atomic mass is 35.5. The fourth-order valence-electron chi connectivity index (χ4n) is 1.99. The van der Waals surface area contributed by atoms with Gasteiger partial charge in [0.05, 0.1) is 23.7 Å². The maximum Gasteiger partial charge on any atom is 0.249 e. The van der Waals surface area contributed by atoms with E-state index in [0.29, 0.717) is 53.4 Å². The fourth-order valence-corrected chi connectivity index (χ4v) is 2.48. The van der Waals surface area contributed by atoms with Crippen LogP contribution in [0.5, 0.6) is 0 Å². The van der Waals surface area contributed by atoms with E-state index < -0.39 is 0 Å². The Balaban J connectivity index is 2.09. The van der Waals surface area contributed by atoms with Crippen molar-refractivity contribution in [3.63, 3.8) is 0 Å². The number of hydrogen-bond donors (Lipinski definition) is 2. The molecule has 0 saturated heterocycles. The second kappa shape index (κ2) is 8.45. The van der Waals surface area contributed by atoms with Crippen LogP contribution in [-0.2, 0) is 6.54 Å². The maximum atomic E-state index is 9.06. The summed E-state index contributed by atoms with van der Waals surface area (Å²) in [4.78, 5) is 1.93. The van der Waals surface area contributed by atoms with Gasteiger partial charge in [-0.05, 0) is 24.6 Å². The van der Waals surface area contributed by atoms with Crippen molar-refractivity contribution in [2.24, 2.45) is 0 Å². The zero-order valence-corrected chi connectivity index (χ0v) is 13.4. The molecule has 0 spiro atoms. The van der Waals surface area contributed by atoms with E-state index in [4.69, 9.17) is 37.8 Å². The van der Waals surface area contributed by atoms with Crippen molar-refractivity contribution >= 4 is 23.2 Å². The van der Waals surface area contributed by atoms with E-state index in [1.165, 1.54) is 0 Å². The largest absolute Gasteiger partial charge is 0.419 e. The van der Waals surface area contributed by atoms with Gasteiger partial charge in [0.25, 0.3) is 0 Å². The predicted molar refractivity (Wildman–Crippen MR) is 83.8 cm³/mol. The number of aliphatic hydroxyl groups is 2. The Kier molecular flexibility index (Phi) is 6.60. The Hall–Kier alpha value is -1.18. The van der Waals surface area contributed by atoms with E-state index in [1.807, 2.05) is 4.90 Å². The smallest absolute Gasteiger partial charge is 0.249 e. The molecule has 0 atom stereocenters. The molecule has 1 heterocycles. The van der Waals surface area contributed by atoms with Crippen molar-refractivity contribution in [1.82, 2.24) is 15.1 Å². The number of nitrogens with zero attached hydrogens (tertiary/aromatic N) is 3. The number of benzene rings is 1. The summed E-state index contributed by atoms with van der Waals surface area (Å²) in [6, 6.07) is 5.03. The first kappa shape index (κ1) is 17.2. The lowest BCUT2D eigenvalue weighted by atomic mass is 10.2. The lowest BCUT2D eigenvalue weighted by molar-refractivity contribution is 0.164. The molecule has 1 aromatic heterocycles. The van der Waals surface area contributed by atoms with Crippen LogP contribution in [0.1, 0.15) is 12.3 Å².